The zero-order valence-electron chi connectivity index (χ0n) is 14.7. The molecule has 0 saturated carbocycles. The van der Waals surface area contributed by atoms with Crippen LogP contribution in [-0.4, -0.2) is 20.9 Å². The van der Waals surface area contributed by atoms with Crippen LogP contribution in [-0.2, 0) is 16.6 Å². The van der Waals surface area contributed by atoms with Crippen LogP contribution in [0.15, 0.2) is 45.9 Å². The number of benzene rings is 1. The van der Waals surface area contributed by atoms with Gasteiger partial charge in [-0.25, -0.2) is 13.1 Å². The van der Waals surface area contributed by atoms with Crippen molar-refractivity contribution in [1.29, 1.82) is 0 Å². The quantitative estimate of drug-likeness (QED) is 0.754. The second kappa shape index (κ2) is 8.31. The van der Waals surface area contributed by atoms with Crippen molar-refractivity contribution in [2.24, 2.45) is 5.92 Å². The Morgan fingerprint density at radius 2 is 2.00 bits per heavy atom. The lowest BCUT2D eigenvalue weighted by Crippen LogP contribution is -2.27. The molecule has 1 heterocycles. The van der Waals surface area contributed by atoms with Gasteiger partial charge in [0.2, 0.25) is 10.0 Å². The van der Waals surface area contributed by atoms with E-state index in [-0.39, 0.29) is 17.3 Å². The molecule has 0 aliphatic carbocycles. The normalized spacial score (nSPS) is 11.7. The van der Waals surface area contributed by atoms with Crippen molar-refractivity contribution < 1.29 is 17.6 Å². The topological polar surface area (TPSA) is 88.4 Å². The molecule has 1 aromatic heterocycles. The molecule has 2 rings (SSSR count). The van der Waals surface area contributed by atoms with Crippen LogP contribution in [0.2, 0.25) is 0 Å². The summed E-state index contributed by atoms with van der Waals surface area (Å²) in [4.78, 5) is 12.4. The van der Waals surface area contributed by atoms with Crippen LogP contribution in [0.4, 0.5) is 0 Å². The predicted octanol–water partition coefficient (Wildman–Crippen LogP) is 2.84. The van der Waals surface area contributed by atoms with Crippen LogP contribution in [0.1, 0.15) is 41.9 Å². The van der Waals surface area contributed by atoms with Gasteiger partial charge in [0.1, 0.15) is 5.76 Å². The Morgan fingerprint density at radius 1 is 1.24 bits per heavy atom. The lowest BCUT2D eigenvalue weighted by molar-refractivity contribution is 0.0951. The molecule has 0 spiro atoms. The van der Waals surface area contributed by atoms with Gasteiger partial charge in [-0.2, -0.15) is 0 Å². The molecule has 2 aromatic rings. The van der Waals surface area contributed by atoms with Crippen LogP contribution in [0.25, 0.3) is 0 Å². The van der Waals surface area contributed by atoms with Crippen LogP contribution < -0.4 is 10.0 Å². The maximum atomic E-state index is 12.4. The van der Waals surface area contributed by atoms with Crippen LogP contribution in [0, 0.1) is 12.8 Å². The van der Waals surface area contributed by atoms with Gasteiger partial charge in [-0.1, -0.05) is 19.9 Å². The van der Waals surface area contributed by atoms with Crippen molar-refractivity contribution in [2.75, 3.05) is 6.54 Å². The summed E-state index contributed by atoms with van der Waals surface area (Å²) in [6, 6.07) is 7.91. The minimum absolute atomic E-state index is 0.0543. The Bertz CT molecular complexity index is 812. The highest BCUT2D eigenvalue weighted by atomic mass is 32.2. The fourth-order valence-electron chi connectivity index (χ4n) is 2.25. The van der Waals surface area contributed by atoms with E-state index in [2.05, 4.69) is 23.9 Å². The number of hydrogen-bond donors (Lipinski definition) is 2. The van der Waals surface area contributed by atoms with E-state index in [0.717, 1.165) is 12.0 Å². The van der Waals surface area contributed by atoms with Gasteiger partial charge in [0.05, 0.1) is 17.7 Å². The maximum absolute atomic E-state index is 12.4. The molecule has 0 aliphatic rings. The van der Waals surface area contributed by atoms with Gasteiger partial charge in [-0.15, -0.1) is 0 Å². The number of furan rings is 1. The van der Waals surface area contributed by atoms with Gasteiger partial charge in [0.15, 0.2) is 0 Å². The maximum Gasteiger partial charge on any atom is 0.251 e. The summed E-state index contributed by atoms with van der Waals surface area (Å²) in [5.74, 6) is 0.738. The van der Waals surface area contributed by atoms with Crippen molar-refractivity contribution in [1.82, 2.24) is 10.0 Å². The monoisotopic (exact) mass is 364 g/mol. The molecule has 6 nitrogen and oxygen atoms in total. The van der Waals surface area contributed by atoms with Gasteiger partial charge >= 0.3 is 0 Å². The van der Waals surface area contributed by atoms with Crippen molar-refractivity contribution >= 4 is 15.9 Å². The highest BCUT2D eigenvalue weighted by molar-refractivity contribution is 7.89. The molecule has 0 radical (unpaired) electrons. The first kappa shape index (κ1) is 19.2. The van der Waals surface area contributed by atoms with E-state index in [0.29, 0.717) is 23.8 Å². The van der Waals surface area contributed by atoms with Crippen LogP contribution >= 0.6 is 0 Å². The number of nitrogens with one attached hydrogen (secondary N) is 2. The third-order valence-corrected chi connectivity index (χ3v) is 5.19. The average molecular weight is 364 g/mol. The predicted molar refractivity (Wildman–Crippen MR) is 95.7 cm³/mol. The molecule has 7 heteroatoms. The van der Waals surface area contributed by atoms with Gasteiger partial charge in [0.25, 0.3) is 5.91 Å². The zero-order chi connectivity index (χ0) is 18.4. The number of rotatable bonds is 8. The van der Waals surface area contributed by atoms with E-state index in [1.807, 2.05) is 0 Å². The number of aryl methyl sites for hydroxylation is 1. The summed E-state index contributed by atoms with van der Waals surface area (Å²) < 4.78 is 32.5. The molecule has 0 fully saturated rings. The van der Waals surface area contributed by atoms with E-state index in [4.69, 9.17) is 4.42 Å². The van der Waals surface area contributed by atoms with Crippen molar-refractivity contribution in [3.05, 3.63) is 53.5 Å². The number of carbonyl (C=O) groups excluding carboxylic acids is 1. The Morgan fingerprint density at radius 3 is 2.64 bits per heavy atom. The van der Waals surface area contributed by atoms with Crippen LogP contribution in [0.3, 0.4) is 0 Å². The molecule has 0 saturated heterocycles. The van der Waals surface area contributed by atoms with Crippen molar-refractivity contribution in [2.45, 2.75) is 38.6 Å². The lowest BCUT2D eigenvalue weighted by atomic mass is 10.1. The number of hydrogen-bond acceptors (Lipinski definition) is 4. The Kier molecular flexibility index (Phi) is 6.39. The summed E-state index contributed by atoms with van der Waals surface area (Å²) in [6.45, 7) is 6.55. The van der Waals surface area contributed by atoms with Crippen molar-refractivity contribution in [3.8, 4) is 0 Å². The fourth-order valence-corrected chi connectivity index (χ4v) is 3.26. The molecular formula is C18H24N2O4S. The summed E-state index contributed by atoms with van der Waals surface area (Å²) in [5.41, 5.74) is 1.09. The van der Waals surface area contributed by atoms with Crippen LogP contribution in [0.5, 0.6) is 0 Å². The van der Waals surface area contributed by atoms with E-state index < -0.39 is 10.0 Å². The molecule has 0 atom stereocenters. The largest absolute Gasteiger partial charge is 0.468 e. The summed E-state index contributed by atoms with van der Waals surface area (Å²) >= 11 is 0. The highest BCUT2D eigenvalue weighted by Gasteiger charge is 2.18. The average Bonchev–Trinajstić information content (AvgIpc) is 3.06. The second-order valence-corrected chi connectivity index (χ2v) is 8.09. The molecule has 25 heavy (non-hydrogen) atoms. The third kappa shape index (κ3) is 5.44. The number of carbonyl (C=O) groups is 1. The molecule has 0 aliphatic heterocycles. The summed E-state index contributed by atoms with van der Waals surface area (Å²) in [7, 11) is -3.73. The first-order chi connectivity index (χ1) is 11.8. The third-order valence-electron chi connectivity index (χ3n) is 3.79. The Balaban J connectivity index is 2.12. The molecular weight excluding hydrogens is 340 g/mol. The molecule has 0 unspecified atom stereocenters. The second-order valence-electron chi connectivity index (χ2n) is 6.32. The summed E-state index contributed by atoms with van der Waals surface area (Å²) in [6.07, 6.45) is 2.35. The molecule has 0 bridgehead atoms. The highest BCUT2D eigenvalue weighted by Crippen LogP contribution is 2.16. The Labute approximate surface area is 148 Å². The van der Waals surface area contributed by atoms with Gasteiger partial charge in [0, 0.05) is 12.1 Å². The first-order valence-electron chi connectivity index (χ1n) is 8.20. The molecule has 1 aromatic carbocycles. The SMILES string of the molecule is Cc1ccc(S(=O)(=O)NCc2ccco2)cc1C(=O)NCCC(C)C. The number of sulfonamides is 1. The molecule has 136 valence electrons. The van der Waals surface area contributed by atoms with Crippen molar-refractivity contribution in [3.63, 3.8) is 0 Å². The first-order valence-corrected chi connectivity index (χ1v) is 9.69. The Hall–Kier alpha value is -2.12. The lowest BCUT2D eigenvalue weighted by Gasteiger charge is -2.11. The number of amides is 1. The van der Waals surface area contributed by atoms with Gasteiger partial charge < -0.3 is 9.73 Å². The molecule has 1 amide bonds. The standard InChI is InChI=1S/C18H24N2O4S/c1-13(2)8-9-19-18(21)17-11-16(7-6-14(17)3)25(22,23)20-12-15-5-4-10-24-15/h4-7,10-11,13,20H,8-9,12H2,1-3H3,(H,19,21). The smallest absolute Gasteiger partial charge is 0.251 e. The fraction of sp³-hybridized carbons (Fsp3) is 0.389. The van der Waals surface area contributed by atoms with Gasteiger partial charge in [-0.3, -0.25) is 4.79 Å². The minimum atomic E-state index is -3.73. The molecule has 2 N–H and O–H groups in total. The van der Waals surface area contributed by atoms with E-state index >= 15 is 0 Å². The van der Waals surface area contributed by atoms with Gasteiger partial charge in [-0.05, 0) is 49.1 Å². The van der Waals surface area contributed by atoms with E-state index in [1.165, 1.54) is 18.4 Å². The van der Waals surface area contributed by atoms with E-state index in [9.17, 15) is 13.2 Å². The minimum Gasteiger partial charge on any atom is -0.468 e. The zero-order valence-corrected chi connectivity index (χ0v) is 15.5. The van der Waals surface area contributed by atoms with E-state index in [1.54, 1.807) is 25.1 Å². The summed E-state index contributed by atoms with van der Waals surface area (Å²) in [5, 5.41) is 2.83.